The number of benzene rings is 2. The first-order valence-electron chi connectivity index (χ1n) is 11.8. The Balaban J connectivity index is 1.61. The van der Waals surface area contributed by atoms with Gasteiger partial charge in [-0.15, -0.1) is 0 Å². The van der Waals surface area contributed by atoms with Crippen LogP contribution in [0.3, 0.4) is 0 Å². The van der Waals surface area contributed by atoms with Crippen LogP contribution in [0.15, 0.2) is 36.4 Å². The molecule has 0 saturated heterocycles. The molecular formula is C27H31F4NO. The molecule has 0 N–H and O–H groups in total. The van der Waals surface area contributed by atoms with Crippen LogP contribution in [-0.2, 0) is 10.8 Å². The summed E-state index contributed by atoms with van der Waals surface area (Å²) in [7, 11) is 0. The fourth-order valence-corrected chi connectivity index (χ4v) is 4.71. The summed E-state index contributed by atoms with van der Waals surface area (Å²) in [4.78, 5) is 0. The summed E-state index contributed by atoms with van der Waals surface area (Å²) < 4.78 is 62.1. The van der Waals surface area contributed by atoms with Gasteiger partial charge in [0.05, 0.1) is 11.7 Å². The zero-order valence-corrected chi connectivity index (χ0v) is 19.2. The van der Waals surface area contributed by atoms with Crippen molar-refractivity contribution in [1.29, 1.82) is 5.26 Å². The molecule has 0 bridgehead atoms. The van der Waals surface area contributed by atoms with E-state index in [1.54, 1.807) is 12.1 Å². The SMILES string of the molecule is CCCCCC1CCC(c2ccc(C(F)(F)OC(C)c3cc(F)c(C#N)c(F)c3)cc2)CC1. The van der Waals surface area contributed by atoms with Crippen LogP contribution in [-0.4, -0.2) is 0 Å². The molecule has 1 aliphatic rings. The maximum absolute atomic E-state index is 14.7. The molecule has 1 saturated carbocycles. The van der Waals surface area contributed by atoms with E-state index in [2.05, 4.69) is 6.92 Å². The first kappa shape index (κ1) is 25.2. The minimum Gasteiger partial charge on any atom is -0.309 e. The van der Waals surface area contributed by atoms with Gasteiger partial charge in [-0.25, -0.2) is 8.78 Å². The minimum absolute atomic E-state index is 0.101. The summed E-state index contributed by atoms with van der Waals surface area (Å²) in [5.74, 6) is -1.03. The summed E-state index contributed by atoms with van der Waals surface area (Å²) in [6.07, 6.45) is 4.71. The van der Waals surface area contributed by atoms with E-state index in [4.69, 9.17) is 10.00 Å². The van der Waals surface area contributed by atoms with Gasteiger partial charge in [0.25, 0.3) is 0 Å². The molecule has 1 fully saturated rings. The molecule has 178 valence electrons. The molecule has 0 heterocycles. The van der Waals surface area contributed by atoms with Gasteiger partial charge < -0.3 is 4.74 Å². The smallest absolute Gasteiger partial charge is 0.309 e. The average molecular weight is 462 g/mol. The van der Waals surface area contributed by atoms with E-state index >= 15 is 0 Å². The quantitative estimate of drug-likeness (QED) is 0.277. The predicted molar refractivity (Wildman–Crippen MR) is 120 cm³/mol. The monoisotopic (exact) mass is 461 g/mol. The summed E-state index contributed by atoms with van der Waals surface area (Å²) in [6.45, 7) is 3.50. The zero-order chi connectivity index (χ0) is 24.0. The lowest BCUT2D eigenvalue weighted by Gasteiger charge is -2.29. The number of ether oxygens (including phenoxy) is 1. The highest BCUT2D eigenvalue weighted by atomic mass is 19.3. The molecule has 0 aromatic heterocycles. The molecule has 2 nitrogen and oxygen atoms in total. The van der Waals surface area contributed by atoms with E-state index in [0.29, 0.717) is 5.92 Å². The fraction of sp³-hybridized carbons (Fsp3) is 0.519. The normalized spacial score (nSPS) is 19.8. The number of nitriles is 1. The van der Waals surface area contributed by atoms with Crippen molar-refractivity contribution >= 4 is 0 Å². The number of unbranched alkanes of at least 4 members (excludes halogenated alkanes) is 2. The summed E-state index contributed by atoms with van der Waals surface area (Å²) in [6, 6.07) is 9.33. The molecule has 1 unspecified atom stereocenters. The molecule has 0 aliphatic heterocycles. The molecule has 1 aliphatic carbocycles. The van der Waals surface area contributed by atoms with Gasteiger partial charge in [0, 0.05) is 0 Å². The van der Waals surface area contributed by atoms with Crippen LogP contribution in [0.4, 0.5) is 17.6 Å². The molecule has 1 atom stereocenters. The van der Waals surface area contributed by atoms with E-state index in [1.807, 2.05) is 0 Å². The van der Waals surface area contributed by atoms with Gasteiger partial charge in [-0.3, -0.25) is 0 Å². The van der Waals surface area contributed by atoms with Crippen LogP contribution in [0, 0.1) is 28.9 Å². The first-order valence-corrected chi connectivity index (χ1v) is 11.8. The van der Waals surface area contributed by atoms with Crippen LogP contribution in [0.2, 0.25) is 0 Å². The second-order valence-electron chi connectivity index (χ2n) is 9.08. The number of hydrogen-bond acceptors (Lipinski definition) is 2. The number of halogens is 4. The molecule has 0 radical (unpaired) electrons. The van der Waals surface area contributed by atoms with Gasteiger partial charge in [-0.05, 0) is 67.7 Å². The van der Waals surface area contributed by atoms with Gasteiger partial charge in [0.2, 0.25) is 0 Å². The third kappa shape index (κ3) is 6.35. The van der Waals surface area contributed by atoms with E-state index in [0.717, 1.165) is 36.5 Å². The van der Waals surface area contributed by atoms with Crippen molar-refractivity contribution in [3.63, 3.8) is 0 Å². The Labute approximate surface area is 193 Å². The molecule has 0 spiro atoms. The van der Waals surface area contributed by atoms with Gasteiger partial charge in [0.15, 0.2) is 0 Å². The molecule has 2 aromatic carbocycles. The Morgan fingerprint density at radius 1 is 1.03 bits per heavy atom. The minimum atomic E-state index is -3.63. The lowest BCUT2D eigenvalue weighted by Crippen LogP contribution is -2.21. The largest absolute Gasteiger partial charge is 0.383 e. The van der Waals surface area contributed by atoms with Crippen molar-refractivity contribution in [2.24, 2.45) is 5.92 Å². The van der Waals surface area contributed by atoms with Crippen molar-refractivity contribution in [3.8, 4) is 6.07 Å². The zero-order valence-electron chi connectivity index (χ0n) is 19.2. The van der Waals surface area contributed by atoms with Gasteiger partial charge in [0.1, 0.15) is 23.3 Å². The number of alkyl halides is 2. The molecule has 6 heteroatoms. The van der Waals surface area contributed by atoms with Gasteiger partial charge in [-0.1, -0.05) is 56.9 Å². The topological polar surface area (TPSA) is 33.0 Å². The molecule has 3 rings (SSSR count). The highest BCUT2D eigenvalue weighted by Gasteiger charge is 2.36. The van der Waals surface area contributed by atoms with E-state index in [-0.39, 0.29) is 11.1 Å². The van der Waals surface area contributed by atoms with Crippen LogP contribution < -0.4 is 0 Å². The predicted octanol–water partition coefficient (Wildman–Crippen LogP) is 8.52. The summed E-state index contributed by atoms with van der Waals surface area (Å²) in [5, 5.41) is 8.76. The maximum Gasteiger partial charge on any atom is 0.383 e. The maximum atomic E-state index is 14.7. The Hall–Kier alpha value is -2.39. The third-order valence-corrected chi connectivity index (χ3v) is 6.75. The van der Waals surface area contributed by atoms with Crippen molar-refractivity contribution in [2.75, 3.05) is 0 Å². The average Bonchev–Trinajstić information content (AvgIpc) is 2.79. The number of nitrogens with zero attached hydrogens (tertiary/aromatic N) is 1. The van der Waals surface area contributed by atoms with Crippen LogP contribution >= 0.6 is 0 Å². The van der Waals surface area contributed by atoms with E-state index in [9.17, 15) is 17.6 Å². The Morgan fingerprint density at radius 3 is 2.18 bits per heavy atom. The Morgan fingerprint density at radius 2 is 1.64 bits per heavy atom. The van der Waals surface area contributed by atoms with Crippen LogP contribution in [0.1, 0.15) is 99.5 Å². The summed E-state index contributed by atoms with van der Waals surface area (Å²) >= 11 is 0. The molecule has 33 heavy (non-hydrogen) atoms. The Kier molecular flexibility index (Phi) is 8.53. The van der Waals surface area contributed by atoms with Gasteiger partial charge in [-0.2, -0.15) is 14.0 Å². The summed E-state index contributed by atoms with van der Waals surface area (Å²) in [5.41, 5.74) is -0.0916. The Bertz CT molecular complexity index is 936. The molecule has 2 aromatic rings. The highest BCUT2D eigenvalue weighted by Crippen LogP contribution is 2.40. The standard InChI is InChI=1S/C27H31F4NO/c1-3-4-5-6-19-7-9-20(10-8-19)21-11-13-23(14-12-21)27(30,31)33-18(2)22-15-25(28)24(17-32)26(29)16-22/h11-16,18-20H,3-10H2,1-2H3. The van der Waals surface area contributed by atoms with Crippen molar-refractivity contribution in [1.82, 2.24) is 0 Å². The van der Waals surface area contributed by atoms with E-state index < -0.39 is 29.4 Å². The van der Waals surface area contributed by atoms with Crippen molar-refractivity contribution in [2.45, 2.75) is 83.3 Å². The first-order chi connectivity index (χ1) is 15.7. The van der Waals surface area contributed by atoms with Crippen LogP contribution in [0.25, 0.3) is 0 Å². The lowest BCUT2D eigenvalue weighted by molar-refractivity contribution is -0.272. The fourth-order valence-electron chi connectivity index (χ4n) is 4.71. The molecule has 0 amide bonds. The lowest BCUT2D eigenvalue weighted by atomic mass is 9.77. The second kappa shape index (κ2) is 11.2. The van der Waals surface area contributed by atoms with Crippen LogP contribution in [0.5, 0.6) is 0 Å². The number of rotatable bonds is 9. The molecular weight excluding hydrogens is 430 g/mol. The second-order valence-corrected chi connectivity index (χ2v) is 9.08. The van der Waals surface area contributed by atoms with Crippen molar-refractivity contribution < 1.29 is 22.3 Å². The van der Waals surface area contributed by atoms with Gasteiger partial charge >= 0.3 is 6.11 Å². The highest BCUT2D eigenvalue weighted by molar-refractivity contribution is 5.36. The number of hydrogen-bond donors (Lipinski definition) is 0. The van der Waals surface area contributed by atoms with E-state index in [1.165, 1.54) is 63.7 Å². The third-order valence-electron chi connectivity index (χ3n) is 6.75. The van der Waals surface area contributed by atoms with Crippen molar-refractivity contribution in [3.05, 3.63) is 70.3 Å².